The van der Waals surface area contributed by atoms with Gasteiger partial charge in [-0.3, -0.25) is 4.99 Å². The first kappa shape index (κ1) is 14.1. The number of guanidine groups is 1. The number of hydrogen-bond donors (Lipinski definition) is 2. The lowest BCUT2D eigenvalue weighted by molar-refractivity contribution is 0.815. The molecule has 1 heterocycles. The SMILES string of the molecule is CN=C(NCc1cccc(Br)c1)NCc1cccs1. The molecule has 5 heteroatoms. The molecule has 0 aliphatic carbocycles. The van der Waals surface area contributed by atoms with Gasteiger partial charge < -0.3 is 10.6 Å². The van der Waals surface area contributed by atoms with E-state index in [-0.39, 0.29) is 0 Å². The van der Waals surface area contributed by atoms with Gasteiger partial charge >= 0.3 is 0 Å². The second kappa shape index (κ2) is 7.31. The lowest BCUT2D eigenvalue weighted by atomic mass is 10.2. The second-order valence-electron chi connectivity index (χ2n) is 3.99. The Morgan fingerprint density at radius 3 is 2.74 bits per heavy atom. The number of benzene rings is 1. The summed E-state index contributed by atoms with van der Waals surface area (Å²) in [5.41, 5.74) is 1.22. The van der Waals surface area contributed by atoms with E-state index in [0.717, 1.165) is 23.5 Å². The highest BCUT2D eigenvalue weighted by Crippen LogP contribution is 2.11. The normalized spacial score (nSPS) is 11.4. The van der Waals surface area contributed by atoms with Crippen molar-refractivity contribution in [3.63, 3.8) is 0 Å². The quantitative estimate of drug-likeness (QED) is 0.662. The number of hydrogen-bond acceptors (Lipinski definition) is 2. The van der Waals surface area contributed by atoms with E-state index in [9.17, 15) is 0 Å². The maximum atomic E-state index is 4.21. The van der Waals surface area contributed by atoms with E-state index in [1.54, 1.807) is 18.4 Å². The molecule has 19 heavy (non-hydrogen) atoms. The van der Waals surface area contributed by atoms with E-state index in [0.29, 0.717) is 0 Å². The highest BCUT2D eigenvalue weighted by molar-refractivity contribution is 9.10. The molecule has 0 atom stereocenters. The number of halogens is 1. The molecule has 0 radical (unpaired) electrons. The van der Waals surface area contributed by atoms with Gasteiger partial charge in [0.05, 0.1) is 6.54 Å². The Morgan fingerprint density at radius 1 is 1.21 bits per heavy atom. The van der Waals surface area contributed by atoms with Crippen molar-refractivity contribution < 1.29 is 0 Å². The zero-order valence-corrected chi connectivity index (χ0v) is 13.1. The van der Waals surface area contributed by atoms with Crippen molar-refractivity contribution in [3.05, 3.63) is 56.7 Å². The Kier molecular flexibility index (Phi) is 5.42. The Hall–Kier alpha value is -1.33. The average molecular weight is 338 g/mol. The highest BCUT2D eigenvalue weighted by Gasteiger charge is 1.99. The minimum Gasteiger partial charge on any atom is -0.352 e. The topological polar surface area (TPSA) is 36.4 Å². The van der Waals surface area contributed by atoms with E-state index in [4.69, 9.17) is 0 Å². The monoisotopic (exact) mass is 337 g/mol. The van der Waals surface area contributed by atoms with Gasteiger partial charge in [-0.1, -0.05) is 34.1 Å². The first-order valence-electron chi connectivity index (χ1n) is 5.99. The van der Waals surface area contributed by atoms with E-state index < -0.39 is 0 Å². The van der Waals surface area contributed by atoms with E-state index in [1.807, 2.05) is 12.1 Å². The number of aliphatic imine (C=N–C) groups is 1. The molecule has 2 rings (SSSR count). The third kappa shape index (κ3) is 4.69. The fraction of sp³-hybridized carbons (Fsp3) is 0.214. The van der Waals surface area contributed by atoms with Crippen LogP contribution in [0, 0.1) is 0 Å². The molecule has 0 amide bonds. The van der Waals surface area contributed by atoms with Crippen LogP contribution in [0.25, 0.3) is 0 Å². The van der Waals surface area contributed by atoms with Crippen molar-refractivity contribution in [2.45, 2.75) is 13.1 Å². The summed E-state index contributed by atoms with van der Waals surface area (Å²) < 4.78 is 1.09. The van der Waals surface area contributed by atoms with Crippen molar-refractivity contribution in [3.8, 4) is 0 Å². The van der Waals surface area contributed by atoms with Gasteiger partial charge in [0.2, 0.25) is 0 Å². The summed E-state index contributed by atoms with van der Waals surface area (Å²) in [6, 6.07) is 12.4. The Morgan fingerprint density at radius 2 is 2.05 bits per heavy atom. The highest BCUT2D eigenvalue weighted by atomic mass is 79.9. The summed E-state index contributed by atoms with van der Waals surface area (Å²) in [6.07, 6.45) is 0. The van der Waals surface area contributed by atoms with Crippen molar-refractivity contribution in [1.29, 1.82) is 0 Å². The van der Waals surface area contributed by atoms with Crippen LogP contribution in [0.2, 0.25) is 0 Å². The van der Waals surface area contributed by atoms with Crippen LogP contribution in [0.5, 0.6) is 0 Å². The van der Waals surface area contributed by atoms with Gasteiger partial charge in [-0.2, -0.15) is 0 Å². The van der Waals surface area contributed by atoms with Gasteiger partial charge in [-0.05, 0) is 29.1 Å². The fourth-order valence-electron chi connectivity index (χ4n) is 1.64. The molecule has 0 saturated carbocycles. The number of thiophene rings is 1. The van der Waals surface area contributed by atoms with Crippen LogP contribution in [0.4, 0.5) is 0 Å². The summed E-state index contributed by atoms with van der Waals surface area (Å²) >= 11 is 5.21. The molecule has 3 nitrogen and oxygen atoms in total. The predicted octanol–water partition coefficient (Wildman–Crippen LogP) is 3.38. The standard InChI is InChI=1S/C14H16BrN3S/c1-16-14(18-10-13-6-3-7-19-13)17-9-11-4-2-5-12(15)8-11/h2-8H,9-10H2,1H3,(H2,16,17,18). The Balaban J connectivity index is 1.83. The van der Waals surface area contributed by atoms with Crippen molar-refractivity contribution in [2.75, 3.05) is 7.05 Å². The van der Waals surface area contributed by atoms with Crippen LogP contribution >= 0.6 is 27.3 Å². The predicted molar refractivity (Wildman–Crippen MR) is 85.5 cm³/mol. The number of nitrogens with zero attached hydrogens (tertiary/aromatic N) is 1. The minimum absolute atomic E-state index is 0.754. The van der Waals surface area contributed by atoms with E-state index in [2.05, 4.69) is 61.2 Å². The molecule has 1 aromatic heterocycles. The zero-order valence-electron chi connectivity index (χ0n) is 10.7. The molecule has 1 aromatic carbocycles. The van der Waals surface area contributed by atoms with Crippen LogP contribution in [0.15, 0.2) is 51.2 Å². The lowest BCUT2D eigenvalue weighted by Gasteiger charge is -2.11. The molecule has 0 aliphatic rings. The molecule has 0 fully saturated rings. The first-order chi connectivity index (χ1) is 9.28. The first-order valence-corrected chi connectivity index (χ1v) is 7.66. The average Bonchev–Trinajstić information content (AvgIpc) is 2.92. The summed E-state index contributed by atoms with van der Waals surface area (Å²) in [5.74, 6) is 0.813. The molecule has 0 spiro atoms. The van der Waals surface area contributed by atoms with Gasteiger partial charge in [0.1, 0.15) is 0 Å². The van der Waals surface area contributed by atoms with Crippen LogP contribution in [-0.4, -0.2) is 13.0 Å². The molecule has 0 saturated heterocycles. The number of rotatable bonds is 4. The van der Waals surface area contributed by atoms with Gasteiger partial charge in [0.15, 0.2) is 5.96 Å². The third-order valence-electron chi connectivity index (χ3n) is 2.58. The van der Waals surface area contributed by atoms with E-state index >= 15 is 0 Å². The van der Waals surface area contributed by atoms with Crippen LogP contribution in [0.3, 0.4) is 0 Å². The van der Waals surface area contributed by atoms with Crippen molar-refractivity contribution in [1.82, 2.24) is 10.6 Å². The van der Waals surface area contributed by atoms with Crippen molar-refractivity contribution in [2.24, 2.45) is 4.99 Å². The largest absolute Gasteiger partial charge is 0.352 e. The molecular weight excluding hydrogens is 322 g/mol. The Labute approximate surface area is 125 Å². The lowest BCUT2D eigenvalue weighted by Crippen LogP contribution is -2.36. The molecule has 100 valence electrons. The molecule has 0 unspecified atom stereocenters. The Bertz CT molecular complexity index is 537. The van der Waals surface area contributed by atoms with Crippen LogP contribution in [0.1, 0.15) is 10.4 Å². The van der Waals surface area contributed by atoms with Gasteiger partial charge in [-0.15, -0.1) is 11.3 Å². The fourth-order valence-corrected chi connectivity index (χ4v) is 2.73. The van der Waals surface area contributed by atoms with Crippen molar-refractivity contribution >= 4 is 33.2 Å². The summed E-state index contributed by atoms with van der Waals surface area (Å²) in [4.78, 5) is 5.51. The molecule has 2 aromatic rings. The zero-order chi connectivity index (χ0) is 13.5. The minimum atomic E-state index is 0.754. The molecular formula is C14H16BrN3S. The smallest absolute Gasteiger partial charge is 0.191 e. The molecule has 0 aliphatic heterocycles. The maximum absolute atomic E-state index is 4.21. The second-order valence-corrected chi connectivity index (χ2v) is 5.94. The summed E-state index contributed by atoms with van der Waals surface area (Å²) in [7, 11) is 1.78. The molecule has 2 N–H and O–H groups in total. The summed E-state index contributed by atoms with van der Waals surface area (Å²) in [5, 5.41) is 8.67. The third-order valence-corrected chi connectivity index (χ3v) is 3.95. The maximum Gasteiger partial charge on any atom is 0.191 e. The molecule has 0 bridgehead atoms. The number of nitrogens with one attached hydrogen (secondary N) is 2. The van der Waals surface area contributed by atoms with Crippen LogP contribution in [-0.2, 0) is 13.1 Å². The van der Waals surface area contributed by atoms with Crippen LogP contribution < -0.4 is 10.6 Å². The van der Waals surface area contributed by atoms with Gasteiger partial charge in [0.25, 0.3) is 0 Å². The van der Waals surface area contributed by atoms with Gasteiger partial charge in [-0.25, -0.2) is 0 Å². The van der Waals surface area contributed by atoms with Gasteiger partial charge in [0, 0.05) is 22.9 Å². The van der Waals surface area contributed by atoms with E-state index in [1.165, 1.54) is 10.4 Å². The summed E-state index contributed by atoms with van der Waals surface area (Å²) in [6.45, 7) is 1.55.